The van der Waals surface area contributed by atoms with E-state index in [2.05, 4.69) is 29.6 Å². The van der Waals surface area contributed by atoms with E-state index < -0.39 is 9.84 Å². The molecule has 0 aliphatic heterocycles. The number of sulfone groups is 1. The fourth-order valence-corrected chi connectivity index (χ4v) is 4.02. The molecule has 28 heavy (non-hydrogen) atoms. The molecule has 0 saturated carbocycles. The van der Waals surface area contributed by atoms with Crippen LogP contribution in [0.4, 0.5) is 0 Å². The Morgan fingerprint density at radius 1 is 0.964 bits per heavy atom. The van der Waals surface area contributed by atoms with Crippen LogP contribution in [0.15, 0.2) is 71.6 Å². The van der Waals surface area contributed by atoms with Gasteiger partial charge in [0.05, 0.1) is 10.9 Å². The Morgan fingerprint density at radius 3 is 2.32 bits per heavy atom. The van der Waals surface area contributed by atoms with E-state index in [1.165, 1.54) is 22.6 Å². The van der Waals surface area contributed by atoms with Gasteiger partial charge >= 0.3 is 0 Å². The Kier molecular flexibility index (Phi) is 6.15. The van der Waals surface area contributed by atoms with Crippen LogP contribution in [0, 0.1) is 0 Å². The summed E-state index contributed by atoms with van der Waals surface area (Å²) in [5.74, 6) is -0.00743. The predicted octanol–water partition coefficient (Wildman–Crippen LogP) is 4.44. The summed E-state index contributed by atoms with van der Waals surface area (Å²) in [6, 6.07) is 21.0. The van der Waals surface area contributed by atoms with Gasteiger partial charge in [-0.25, -0.2) is 8.42 Å². The van der Waals surface area contributed by atoms with Crippen LogP contribution in [0.1, 0.15) is 36.9 Å². The van der Waals surface area contributed by atoms with Crippen LogP contribution in [-0.4, -0.2) is 20.6 Å². The number of hydrogen-bond donors (Lipinski definition) is 1. The smallest absolute Gasteiger partial charge is 0.220 e. The molecule has 3 rings (SSSR count). The first kappa shape index (κ1) is 20.1. The molecule has 3 aromatic rings. The molecule has 5 heteroatoms. The second-order valence-electron chi connectivity index (χ2n) is 7.01. The number of rotatable bonds is 7. The number of carbonyl (C=O) groups excluding carboxylic acids is 1. The lowest BCUT2D eigenvalue weighted by molar-refractivity contribution is -0.121. The lowest BCUT2D eigenvalue weighted by Crippen LogP contribution is -2.28. The van der Waals surface area contributed by atoms with Gasteiger partial charge in [0.15, 0.2) is 9.84 Å². The van der Waals surface area contributed by atoms with Crippen molar-refractivity contribution in [1.82, 2.24) is 5.32 Å². The summed E-state index contributed by atoms with van der Waals surface area (Å²) >= 11 is 0. The number of aryl methyl sites for hydroxylation is 1. The molecular formula is C23H25NO3S. The summed E-state index contributed by atoms with van der Waals surface area (Å²) < 4.78 is 23.2. The van der Waals surface area contributed by atoms with Crippen molar-refractivity contribution in [3.8, 4) is 0 Å². The van der Waals surface area contributed by atoms with Crippen molar-refractivity contribution in [2.75, 3.05) is 6.26 Å². The third-order valence-electron chi connectivity index (χ3n) is 4.96. The van der Waals surface area contributed by atoms with E-state index in [4.69, 9.17) is 0 Å². The minimum Gasteiger partial charge on any atom is -0.349 e. The van der Waals surface area contributed by atoms with Gasteiger partial charge in [-0.1, -0.05) is 61.5 Å². The molecule has 3 aromatic carbocycles. The second kappa shape index (κ2) is 8.57. The Bertz CT molecular complexity index is 1070. The highest BCUT2D eigenvalue weighted by molar-refractivity contribution is 7.90. The zero-order valence-corrected chi connectivity index (χ0v) is 17.0. The molecule has 0 fully saturated rings. The van der Waals surface area contributed by atoms with Crippen LogP contribution in [0.5, 0.6) is 0 Å². The molecule has 0 aliphatic rings. The summed E-state index contributed by atoms with van der Waals surface area (Å²) in [5, 5.41) is 5.43. The van der Waals surface area contributed by atoms with Gasteiger partial charge in [0, 0.05) is 12.7 Å². The molecule has 0 aromatic heterocycles. The third-order valence-corrected chi connectivity index (χ3v) is 6.08. The van der Waals surface area contributed by atoms with Crippen LogP contribution < -0.4 is 5.32 Å². The molecule has 0 unspecified atom stereocenters. The summed E-state index contributed by atoms with van der Waals surface area (Å²) in [5.41, 5.74) is 2.08. The zero-order valence-electron chi connectivity index (χ0n) is 16.2. The molecule has 0 spiro atoms. The molecule has 146 valence electrons. The van der Waals surface area contributed by atoms with E-state index in [0.29, 0.717) is 12.8 Å². The van der Waals surface area contributed by atoms with Crippen molar-refractivity contribution in [3.05, 3.63) is 77.9 Å². The SMILES string of the molecule is CC[C@H](NC(=O)CCc1cccc2ccccc12)c1ccc(S(C)(=O)=O)cc1. The van der Waals surface area contributed by atoms with Crippen molar-refractivity contribution in [2.24, 2.45) is 0 Å². The quantitative estimate of drug-likeness (QED) is 0.643. The molecule has 1 N–H and O–H groups in total. The van der Waals surface area contributed by atoms with Gasteiger partial charge < -0.3 is 5.32 Å². The molecule has 0 saturated heterocycles. The van der Waals surface area contributed by atoms with Gasteiger partial charge in [0.25, 0.3) is 0 Å². The molecule has 0 aliphatic carbocycles. The normalized spacial score (nSPS) is 12.6. The molecule has 0 radical (unpaired) electrons. The third kappa shape index (κ3) is 4.78. The Labute approximate surface area is 166 Å². The summed E-state index contributed by atoms with van der Waals surface area (Å²) in [7, 11) is -3.22. The largest absolute Gasteiger partial charge is 0.349 e. The number of fused-ring (bicyclic) bond motifs is 1. The summed E-state index contributed by atoms with van der Waals surface area (Å²) in [6.45, 7) is 2.00. The maximum absolute atomic E-state index is 12.5. The first-order valence-electron chi connectivity index (χ1n) is 9.44. The van der Waals surface area contributed by atoms with E-state index in [0.717, 1.165) is 12.0 Å². The summed E-state index contributed by atoms with van der Waals surface area (Å²) in [4.78, 5) is 12.8. The number of amides is 1. The second-order valence-corrected chi connectivity index (χ2v) is 9.02. The minimum absolute atomic E-state index is 0.00743. The van der Waals surface area contributed by atoms with Crippen molar-refractivity contribution >= 4 is 26.5 Å². The topological polar surface area (TPSA) is 63.2 Å². The van der Waals surface area contributed by atoms with Crippen molar-refractivity contribution in [2.45, 2.75) is 37.1 Å². The molecule has 0 bridgehead atoms. The monoisotopic (exact) mass is 395 g/mol. The van der Waals surface area contributed by atoms with E-state index in [1.807, 2.05) is 25.1 Å². The van der Waals surface area contributed by atoms with Crippen LogP contribution in [0.2, 0.25) is 0 Å². The Balaban J connectivity index is 1.65. The van der Waals surface area contributed by atoms with Crippen LogP contribution in [0.3, 0.4) is 0 Å². The average Bonchev–Trinajstić information content (AvgIpc) is 2.70. The zero-order chi connectivity index (χ0) is 20.1. The maximum atomic E-state index is 12.5. The fourth-order valence-electron chi connectivity index (χ4n) is 3.39. The standard InChI is InChI=1S/C23H25NO3S/c1-3-22(19-11-14-20(15-12-19)28(2,26)27)24-23(25)16-13-18-9-6-8-17-7-4-5-10-21(17)18/h4-12,14-15,22H,3,13,16H2,1-2H3,(H,24,25)/t22-/m0/s1. The Hall–Kier alpha value is -2.66. The highest BCUT2D eigenvalue weighted by atomic mass is 32.2. The minimum atomic E-state index is -3.22. The number of hydrogen-bond acceptors (Lipinski definition) is 3. The van der Waals surface area contributed by atoms with Crippen molar-refractivity contribution in [3.63, 3.8) is 0 Å². The fraction of sp³-hybridized carbons (Fsp3) is 0.261. The molecular weight excluding hydrogens is 370 g/mol. The molecule has 1 atom stereocenters. The maximum Gasteiger partial charge on any atom is 0.220 e. The van der Waals surface area contributed by atoms with Gasteiger partial charge in [-0.05, 0) is 46.9 Å². The Morgan fingerprint density at radius 2 is 1.64 bits per heavy atom. The van der Waals surface area contributed by atoms with Gasteiger partial charge in [-0.2, -0.15) is 0 Å². The van der Waals surface area contributed by atoms with E-state index in [-0.39, 0.29) is 16.8 Å². The van der Waals surface area contributed by atoms with Gasteiger partial charge in [0.2, 0.25) is 5.91 Å². The van der Waals surface area contributed by atoms with Crippen LogP contribution in [0.25, 0.3) is 10.8 Å². The van der Waals surface area contributed by atoms with Gasteiger partial charge in [-0.15, -0.1) is 0 Å². The van der Waals surface area contributed by atoms with E-state index in [1.54, 1.807) is 24.3 Å². The summed E-state index contributed by atoms with van der Waals surface area (Å²) in [6.07, 6.45) is 3.01. The van der Waals surface area contributed by atoms with E-state index in [9.17, 15) is 13.2 Å². The number of benzene rings is 3. The van der Waals surface area contributed by atoms with Crippen molar-refractivity contribution < 1.29 is 13.2 Å². The predicted molar refractivity (Wildman–Crippen MR) is 113 cm³/mol. The van der Waals surface area contributed by atoms with Crippen LogP contribution in [-0.2, 0) is 21.1 Å². The van der Waals surface area contributed by atoms with Crippen LogP contribution >= 0.6 is 0 Å². The first-order chi connectivity index (χ1) is 13.4. The molecule has 4 nitrogen and oxygen atoms in total. The first-order valence-corrected chi connectivity index (χ1v) is 11.3. The lowest BCUT2D eigenvalue weighted by Gasteiger charge is -2.18. The van der Waals surface area contributed by atoms with Gasteiger partial charge in [-0.3, -0.25) is 4.79 Å². The highest BCUT2D eigenvalue weighted by Crippen LogP contribution is 2.21. The number of carbonyl (C=O) groups is 1. The average molecular weight is 396 g/mol. The molecule has 1 amide bonds. The lowest BCUT2D eigenvalue weighted by atomic mass is 10.0. The van der Waals surface area contributed by atoms with E-state index >= 15 is 0 Å². The highest BCUT2D eigenvalue weighted by Gasteiger charge is 2.14. The van der Waals surface area contributed by atoms with Crippen molar-refractivity contribution in [1.29, 1.82) is 0 Å². The number of nitrogens with one attached hydrogen (secondary N) is 1. The van der Waals surface area contributed by atoms with Gasteiger partial charge in [0.1, 0.15) is 0 Å². The molecule has 0 heterocycles.